The van der Waals surface area contributed by atoms with E-state index in [2.05, 4.69) is 0 Å². The van der Waals surface area contributed by atoms with Crippen molar-refractivity contribution in [1.82, 2.24) is 9.80 Å². The van der Waals surface area contributed by atoms with Crippen molar-refractivity contribution >= 4 is 17.7 Å². The normalized spacial score (nSPS) is 16.2. The van der Waals surface area contributed by atoms with Crippen molar-refractivity contribution in [3.05, 3.63) is 23.8 Å². The molecular weight excluding hydrogens is 334 g/mol. The molecule has 1 heterocycles. The molecule has 0 aliphatic carbocycles. The lowest BCUT2D eigenvalue weighted by molar-refractivity contribution is -0.134. The zero-order valence-electron chi connectivity index (χ0n) is 16.2. The van der Waals surface area contributed by atoms with Gasteiger partial charge in [0.05, 0.1) is 18.7 Å². The highest BCUT2D eigenvalue weighted by atomic mass is 16.6. The molecule has 2 amide bonds. The van der Waals surface area contributed by atoms with Crippen LogP contribution >= 0.6 is 0 Å². The first-order valence-corrected chi connectivity index (χ1v) is 8.82. The van der Waals surface area contributed by atoms with Crippen LogP contribution in [0.5, 0.6) is 5.75 Å². The van der Waals surface area contributed by atoms with Crippen LogP contribution in [-0.4, -0.2) is 60.7 Å². The molecule has 1 aromatic rings. The Labute approximate surface area is 155 Å². The van der Waals surface area contributed by atoms with Gasteiger partial charge in [0.15, 0.2) is 0 Å². The lowest BCUT2D eigenvalue weighted by atomic mass is 9.98. The van der Waals surface area contributed by atoms with E-state index in [9.17, 15) is 9.59 Å². The molecule has 26 heavy (non-hydrogen) atoms. The van der Waals surface area contributed by atoms with Crippen molar-refractivity contribution in [3.8, 4) is 5.75 Å². The molecule has 2 rings (SSSR count). The smallest absolute Gasteiger partial charge is 0.410 e. The van der Waals surface area contributed by atoms with Crippen molar-refractivity contribution in [2.24, 2.45) is 0 Å². The highest BCUT2D eigenvalue weighted by Crippen LogP contribution is 2.28. The van der Waals surface area contributed by atoms with Gasteiger partial charge in [0.2, 0.25) is 5.91 Å². The molecular formula is C19H29N3O4. The average Bonchev–Trinajstić information content (AvgIpc) is 2.59. The summed E-state index contributed by atoms with van der Waals surface area (Å²) in [5, 5.41) is 0. The number of rotatable bonds is 3. The monoisotopic (exact) mass is 363 g/mol. The quantitative estimate of drug-likeness (QED) is 0.834. The van der Waals surface area contributed by atoms with Crippen molar-refractivity contribution < 1.29 is 19.1 Å². The summed E-state index contributed by atoms with van der Waals surface area (Å²) in [6.45, 7) is 9.32. The van der Waals surface area contributed by atoms with Crippen molar-refractivity contribution in [3.63, 3.8) is 0 Å². The second kappa shape index (κ2) is 7.85. The van der Waals surface area contributed by atoms with Crippen LogP contribution < -0.4 is 10.5 Å². The number of nitrogens with two attached hydrogens (primary N) is 1. The van der Waals surface area contributed by atoms with E-state index in [1.54, 1.807) is 29.0 Å². The fourth-order valence-electron chi connectivity index (χ4n) is 2.85. The number of hydrogen-bond donors (Lipinski definition) is 1. The van der Waals surface area contributed by atoms with Gasteiger partial charge >= 0.3 is 6.09 Å². The summed E-state index contributed by atoms with van der Waals surface area (Å²) in [5.41, 5.74) is 6.72. The lowest BCUT2D eigenvalue weighted by Gasteiger charge is -2.36. The topological polar surface area (TPSA) is 85.1 Å². The number of ether oxygens (including phenoxy) is 2. The average molecular weight is 363 g/mol. The number of carbonyl (C=O) groups excluding carboxylic acids is 2. The van der Waals surface area contributed by atoms with Gasteiger partial charge in [-0.3, -0.25) is 4.79 Å². The summed E-state index contributed by atoms with van der Waals surface area (Å²) in [4.78, 5) is 28.4. The third-order valence-electron chi connectivity index (χ3n) is 4.37. The Morgan fingerprint density at radius 1 is 1.12 bits per heavy atom. The number of amides is 2. The maximum Gasteiger partial charge on any atom is 0.410 e. The molecule has 0 spiro atoms. The minimum Gasteiger partial charge on any atom is -0.495 e. The first kappa shape index (κ1) is 19.9. The number of nitrogen functional groups attached to an aromatic ring is 1. The molecule has 7 heteroatoms. The molecule has 1 unspecified atom stereocenters. The number of methoxy groups -OCH3 is 1. The van der Waals surface area contributed by atoms with Gasteiger partial charge in [-0.05, 0) is 45.4 Å². The van der Waals surface area contributed by atoms with E-state index in [-0.39, 0.29) is 17.9 Å². The van der Waals surface area contributed by atoms with Crippen molar-refractivity contribution in [2.45, 2.75) is 39.2 Å². The summed E-state index contributed by atoms with van der Waals surface area (Å²) in [6.07, 6.45) is -0.332. The summed E-state index contributed by atoms with van der Waals surface area (Å²) < 4.78 is 10.6. The van der Waals surface area contributed by atoms with Crippen LogP contribution in [0.4, 0.5) is 10.5 Å². The molecule has 1 atom stereocenters. The summed E-state index contributed by atoms with van der Waals surface area (Å²) in [7, 11) is 1.55. The number of anilines is 1. The van der Waals surface area contributed by atoms with Gasteiger partial charge in [-0.2, -0.15) is 0 Å². The number of piperazine rings is 1. The Kier molecular flexibility index (Phi) is 6.00. The second-order valence-corrected chi connectivity index (χ2v) is 7.52. The number of nitrogens with zero attached hydrogens (tertiary/aromatic N) is 2. The van der Waals surface area contributed by atoms with Gasteiger partial charge in [0, 0.05) is 26.2 Å². The van der Waals surface area contributed by atoms with E-state index in [1.807, 2.05) is 33.8 Å². The summed E-state index contributed by atoms with van der Waals surface area (Å²) >= 11 is 0. The molecule has 1 fully saturated rings. The molecule has 1 aliphatic rings. The van der Waals surface area contributed by atoms with Crippen LogP contribution in [0.2, 0.25) is 0 Å². The Balaban J connectivity index is 1.96. The highest BCUT2D eigenvalue weighted by Gasteiger charge is 2.30. The summed E-state index contributed by atoms with van der Waals surface area (Å²) in [5.74, 6) is 0.287. The van der Waals surface area contributed by atoms with E-state index in [1.165, 1.54) is 0 Å². The molecule has 0 aromatic heterocycles. The minimum atomic E-state index is -0.521. The van der Waals surface area contributed by atoms with Crippen LogP contribution in [0.1, 0.15) is 39.2 Å². The van der Waals surface area contributed by atoms with Gasteiger partial charge in [0.25, 0.3) is 0 Å². The molecule has 0 radical (unpaired) electrons. The minimum absolute atomic E-state index is 0.0284. The highest BCUT2D eigenvalue weighted by molar-refractivity contribution is 5.84. The molecule has 0 saturated carbocycles. The predicted molar refractivity (Wildman–Crippen MR) is 100 cm³/mol. The van der Waals surface area contributed by atoms with E-state index in [0.717, 1.165) is 5.56 Å². The number of carbonyl (C=O) groups is 2. The van der Waals surface area contributed by atoms with Crippen LogP contribution in [0, 0.1) is 0 Å². The van der Waals surface area contributed by atoms with Gasteiger partial charge in [-0.1, -0.05) is 6.07 Å². The van der Waals surface area contributed by atoms with Crippen LogP contribution in [-0.2, 0) is 9.53 Å². The zero-order chi connectivity index (χ0) is 19.5. The van der Waals surface area contributed by atoms with Crippen LogP contribution in [0.3, 0.4) is 0 Å². The number of hydrogen-bond acceptors (Lipinski definition) is 5. The van der Waals surface area contributed by atoms with Gasteiger partial charge in [0.1, 0.15) is 11.4 Å². The maximum atomic E-state index is 12.8. The zero-order valence-corrected chi connectivity index (χ0v) is 16.2. The SMILES string of the molecule is COc1cc(C(C)C(=O)N2CCN(C(=O)OC(C)(C)C)CC2)ccc1N. The van der Waals surface area contributed by atoms with Crippen molar-refractivity contribution in [1.29, 1.82) is 0 Å². The molecule has 1 aromatic carbocycles. The van der Waals surface area contributed by atoms with Gasteiger partial charge in [-0.25, -0.2) is 4.79 Å². The van der Waals surface area contributed by atoms with E-state index < -0.39 is 5.60 Å². The second-order valence-electron chi connectivity index (χ2n) is 7.52. The van der Waals surface area contributed by atoms with E-state index >= 15 is 0 Å². The van der Waals surface area contributed by atoms with Gasteiger partial charge < -0.3 is 25.0 Å². The standard InChI is InChI=1S/C19H29N3O4/c1-13(14-6-7-15(20)16(12-14)25-5)17(23)21-8-10-22(11-9-21)18(24)26-19(2,3)4/h6-7,12-13H,8-11,20H2,1-5H3. The molecule has 1 aliphatic heterocycles. The molecule has 7 nitrogen and oxygen atoms in total. The first-order valence-electron chi connectivity index (χ1n) is 8.82. The Bertz CT molecular complexity index is 661. The van der Waals surface area contributed by atoms with Gasteiger partial charge in [-0.15, -0.1) is 0 Å². The molecule has 2 N–H and O–H groups in total. The van der Waals surface area contributed by atoms with Crippen molar-refractivity contribution in [2.75, 3.05) is 39.0 Å². The van der Waals surface area contributed by atoms with Crippen LogP contribution in [0.25, 0.3) is 0 Å². The maximum absolute atomic E-state index is 12.8. The third-order valence-corrected chi connectivity index (χ3v) is 4.37. The fraction of sp³-hybridized carbons (Fsp3) is 0.579. The van der Waals surface area contributed by atoms with E-state index in [4.69, 9.17) is 15.2 Å². The third kappa shape index (κ3) is 4.80. The first-order chi connectivity index (χ1) is 12.1. The largest absolute Gasteiger partial charge is 0.495 e. The van der Waals surface area contributed by atoms with Crippen LogP contribution in [0.15, 0.2) is 18.2 Å². The predicted octanol–water partition coefficient (Wildman–Crippen LogP) is 2.46. The lowest BCUT2D eigenvalue weighted by Crippen LogP contribution is -2.52. The number of benzene rings is 1. The van der Waals surface area contributed by atoms with E-state index in [0.29, 0.717) is 37.6 Å². The summed E-state index contributed by atoms with van der Waals surface area (Å²) in [6, 6.07) is 5.39. The Morgan fingerprint density at radius 3 is 2.23 bits per heavy atom. The Hall–Kier alpha value is -2.44. The fourth-order valence-corrected chi connectivity index (χ4v) is 2.85. The molecule has 0 bridgehead atoms. The molecule has 1 saturated heterocycles. The Morgan fingerprint density at radius 2 is 1.69 bits per heavy atom. The molecule has 144 valence electrons.